The molecule has 2 aromatic carbocycles. The first kappa shape index (κ1) is 27.6. The molecule has 3 heterocycles. The highest BCUT2D eigenvalue weighted by Gasteiger charge is 2.77. The van der Waals surface area contributed by atoms with Gasteiger partial charge in [0.15, 0.2) is 0 Å². The fraction of sp³-hybridized carbons (Fsp3) is 0.433. The number of esters is 1. The molecule has 7 atom stereocenters. The maximum absolute atomic E-state index is 14.6. The van der Waals surface area contributed by atoms with E-state index >= 15 is 0 Å². The van der Waals surface area contributed by atoms with E-state index in [1.54, 1.807) is 17.9 Å². The number of hydrogen-bond acceptors (Lipinski definition) is 6. The molecule has 0 saturated carbocycles. The van der Waals surface area contributed by atoms with Gasteiger partial charge in [-0.15, -0.1) is 6.58 Å². The summed E-state index contributed by atoms with van der Waals surface area (Å²) >= 11 is 3.67. The molecule has 2 bridgehead atoms. The number of likely N-dealkylation sites (tertiary alicyclic amines) is 1. The maximum Gasteiger partial charge on any atom is 0.312 e. The van der Waals surface area contributed by atoms with E-state index in [1.165, 1.54) is 4.90 Å². The molecule has 3 fully saturated rings. The molecule has 0 aromatic heterocycles. The zero-order valence-electron chi connectivity index (χ0n) is 21.8. The highest BCUT2D eigenvalue weighted by molar-refractivity contribution is 9.09. The lowest BCUT2D eigenvalue weighted by Crippen LogP contribution is -2.57. The summed E-state index contributed by atoms with van der Waals surface area (Å²) in [5.41, 5.74) is 0.375. The second-order valence-corrected chi connectivity index (χ2v) is 11.4. The summed E-state index contributed by atoms with van der Waals surface area (Å²) < 4.78 is 11.9. The number of hydrogen-bond donors (Lipinski definition) is 1. The van der Waals surface area contributed by atoms with Crippen LogP contribution in [0.5, 0.6) is 0 Å². The van der Waals surface area contributed by atoms with Crippen LogP contribution in [0.3, 0.4) is 0 Å². The molecular weight excluding hydrogens is 564 g/mol. The molecule has 1 spiro atoms. The van der Waals surface area contributed by atoms with Crippen molar-refractivity contribution in [3.63, 3.8) is 0 Å². The number of fused-ring (bicyclic) bond motifs is 1. The van der Waals surface area contributed by atoms with Gasteiger partial charge in [-0.05, 0) is 24.5 Å². The first-order valence-corrected chi connectivity index (χ1v) is 14.2. The van der Waals surface area contributed by atoms with E-state index in [9.17, 15) is 19.5 Å². The highest BCUT2D eigenvalue weighted by Crippen LogP contribution is 2.61. The number of ether oxygens (including phenoxy) is 2. The lowest BCUT2D eigenvalue weighted by atomic mass is 9.70. The number of benzene rings is 2. The van der Waals surface area contributed by atoms with Crippen LogP contribution in [-0.4, -0.2) is 75.0 Å². The smallest absolute Gasteiger partial charge is 0.312 e. The molecule has 3 aliphatic heterocycles. The number of carbonyl (C=O) groups excluding carboxylic acids is 3. The molecule has 1 unspecified atom stereocenters. The van der Waals surface area contributed by atoms with Crippen LogP contribution >= 0.6 is 15.9 Å². The third kappa shape index (κ3) is 4.60. The van der Waals surface area contributed by atoms with Crippen molar-refractivity contribution in [2.75, 3.05) is 19.8 Å². The average molecular weight is 598 g/mol. The van der Waals surface area contributed by atoms with E-state index in [-0.39, 0.29) is 29.8 Å². The lowest BCUT2D eigenvalue weighted by Gasteiger charge is -2.39. The Hall–Kier alpha value is -3.01. The van der Waals surface area contributed by atoms with Crippen LogP contribution < -0.4 is 0 Å². The van der Waals surface area contributed by atoms with Gasteiger partial charge in [0.05, 0.1) is 37.2 Å². The summed E-state index contributed by atoms with van der Waals surface area (Å²) in [5, 5.41) is 10.6. The molecule has 1 N–H and O–H groups in total. The van der Waals surface area contributed by atoms with Crippen molar-refractivity contribution in [2.45, 2.75) is 48.5 Å². The van der Waals surface area contributed by atoms with Crippen LogP contribution in [0.15, 0.2) is 73.3 Å². The van der Waals surface area contributed by atoms with Crippen LogP contribution in [0.2, 0.25) is 0 Å². The predicted molar refractivity (Wildman–Crippen MR) is 148 cm³/mol. The number of amides is 2. The van der Waals surface area contributed by atoms with Crippen LogP contribution in [0.25, 0.3) is 0 Å². The number of carbonyl (C=O) groups is 3. The molecule has 2 amide bonds. The lowest BCUT2D eigenvalue weighted by molar-refractivity contribution is -0.156. The monoisotopic (exact) mass is 596 g/mol. The molecule has 0 aliphatic carbocycles. The number of aliphatic hydroxyl groups excluding tert-OH is 1. The minimum atomic E-state index is -1.25. The zero-order valence-corrected chi connectivity index (χ0v) is 23.4. The van der Waals surface area contributed by atoms with Crippen molar-refractivity contribution in [3.05, 3.63) is 84.4 Å². The number of halogens is 1. The second kappa shape index (κ2) is 11.2. The number of rotatable bonds is 10. The number of nitrogens with zero attached hydrogens (tertiary/aromatic N) is 2. The number of aliphatic hydroxyl groups is 1. The van der Waals surface area contributed by atoms with Gasteiger partial charge >= 0.3 is 5.97 Å². The molecular formula is C30H33BrN2O6. The van der Waals surface area contributed by atoms with Crippen molar-refractivity contribution >= 4 is 33.7 Å². The topological polar surface area (TPSA) is 96.4 Å². The molecule has 9 heteroatoms. The van der Waals surface area contributed by atoms with E-state index < -0.39 is 48.2 Å². The average Bonchev–Trinajstić information content (AvgIpc) is 3.53. The Labute approximate surface area is 236 Å². The molecule has 3 saturated heterocycles. The molecule has 3 aliphatic rings. The highest BCUT2D eigenvalue weighted by atomic mass is 79.9. The Kier molecular flexibility index (Phi) is 7.94. The van der Waals surface area contributed by atoms with Crippen LogP contribution in [0.4, 0.5) is 0 Å². The van der Waals surface area contributed by atoms with E-state index in [2.05, 4.69) is 22.5 Å². The van der Waals surface area contributed by atoms with Gasteiger partial charge in [-0.3, -0.25) is 14.4 Å². The van der Waals surface area contributed by atoms with Gasteiger partial charge in [0, 0.05) is 17.9 Å². The Bertz CT molecular complexity index is 1230. The Morgan fingerprint density at radius 3 is 2.51 bits per heavy atom. The van der Waals surface area contributed by atoms with Gasteiger partial charge in [-0.2, -0.15) is 0 Å². The predicted octanol–water partition coefficient (Wildman–Crippen LogP) is 3.25. The largest absolute Gasteiger partial charge is 0.466 e. The van der Waals surface area contributed by atoms with Gasteiger partial charge in [0.2, 0.25) is 11.8 Å². The fourth-order valence-electron chi connectivity index (χ4n) is 6.58. The zero-order chi connectivity index (χ0) is 27.7. The first-order chi connectivity index (χ1) is 18.9. The molecule has 0 radical (unpaired) electrons. The summed E-state index contributed by atoms with van der Waals surface area (Å²) in [5.74, 6) is -2.95. The second-order valence-electron chi connectivity index (χ2n) is 10.3. The van der Waals surface area contributed by atoms with Crippen molar-refractivity contribution < 1.29 is 29.0 Å². The normalized spacial score (nSPS) is 29.7. The molecule has 2 aromatic rings. The molecule has 8 nitrogen and oxygen atoms in total. The molecule has 5 rings (SSSR count). The fourth-order valence-corrected chi connectivity index (χ4v) is 7.53. The third-order valence-electron chi connectivity index (χ3n) is 8.09. The third-order valence-corrected chi connectivity index (χ3v) is 8.94. The Morgan fingerprint density at radius 2 is 1.90 bits per heavy atom. The van der Waals surface area contributed by atoms with E-state index in [4.69, 9.17) is 9.47 Å². The molecule has 39 heavy (non-hydrogen) atoms. The summed E-state index contributed by atoms with van der Waals surface area (Å²) in [4.78, 5) is 45.0. The van der Waals surface area contributed by atoms with E-state index in [0.717, 1.165) is 5.56 Å². The standard InChI is InChI=1S/C30H33BrN2O6/c1-3-15-32(17-19-11-7-5-8-12-19)28(36)26-30-16-21(31)25(39-30)23(29(37)38-4-2)24(30)27(35)33(26)22(18-34)20-13-9-6-10-14-20/h3,5-14,21-26,34H,1,4,15-18H2,2H3/t21?,22-,23-,24+,25-,26-,30+/m1/s1. The van der Waals surface area contributed by atoms with Crippen LogP contribution in [0.1, 0.15) is 30.5 Å². The summed E-state index contributed by atoms with van der Waals surface area (Å²) in [6, 6.07) is 16.9. The summed E-state index contributed by atoms with van der Waals surface area (Å²) in [6.45, 7) is 5.90. The summed E-state index contributed by atoms with van der Waals surface area (Å²) in [6.07, 6.45) is 1.43. The van der Waals surface area contributed by atoms with E-state index in [1.807, 2.05) is 60.7 Å². The van der Waals surface area contributed by atoms with Crippen molar-refractivity contribution in [2.24, 2.45) is 11.8 Å². The van der Waals surface area contributed by atoms with Crippen molar-refractivity contribution in [1.29, 1.82) is 0 Å². The van der Waals surface area contributed by atoms with E-state index in [0.29, 0.717) is 18.5 Å². The summed E-state index contributed by atoms with van der Waals surface area (Å²) in [7, 11) is 0. The molecule has 206 valence electrons. The maximum atomic E-state index is 14.6. The SMILES string of the molecule is C=CCN(Cc1ccccc1)C(=O)[C@H]1N([C@H](CO)c2ccccc2)C(=O)[C@@H]2[C@@H](C(=O)OCC)[C@@H]3O[C@@]21CC3Br. The Morgan fingerprint density at radius 1 is 1.23 bits per heavy atom. The van der Waals surface area contributed by atoms with Crippen LogP contribution in [0, 0.1) is 11.8 Å². The minimum Gasteiger partial charge on any atom is -0.466 e. The minimum absolute atomic E-state index is 0.169. The first-order valence-electron chi connectivity index (χ1n) is 13.3. The Balaban J connectivity index is 1.62. The van der Waals surface area contributed by atoms with Gasteiger partial charge in [0.25, 0.3) is 0 Å². The van der Waals surface area contributed by atoms with Crippen LogP contribution in [-0.2, 0) is 30.4 Å². The quantitative estimate of drug-likeness (QED) is 0.257. The van der Waals surface area contributed by atoms with Gasteiger partial charge in [-0.25, -0.2) is 0 Å². The number of alkyl halides is 1. The van der Waals surface area contributed by atoms with Gasteiger partial charge in [0.1, 0.15) is 11.6 Å². The van der Waals surface area contributed by atoms with Gasteiger partial charge in [-0.1, -0.05) is 82.7 Å². The van der Waals surface area contributed by atoms with Crippen molar-refractivity contribution in [3.8, 4) is 0 Å². The van der Waals surface area contributed by atoms with Gasteiger partial charge < -0.3 is 24.4 Å². The van der Waals surface area contributed by atoms with Crippen molar-refractivity contribution in [1.82, 2.24) is 9.80 Å².